The Morgan fingerprint density at radius 1 is 0.906 bits per heavy atom. The SMILES string of the molecule is COc1ccc2c(c1)C(CC(=O)c1ccc(OC(=O)c3ccccc3)cc1)=NC(C)(C)C2. The van der Waals surface area contributed by atoms with E-state index >= 15 is 0 Å². The zero-order valence-electron chi connectivity index (χ0n) is 18.4. The number of esters is 1. The van der Waals surface area contributed by atoms with Crippen LogP contribution in [0.1, 0.15) is 52.1 Å². The molecule has 0 aromatic heterocycles. The van der Waals surface area contributed by atoms with Gasteiger partial charge in [-0.25, -0.2) is 4.79 Å². The number of ketones is 1. The van der Waals surface area contributed by atoms with Crippen LogP contribution in [0.2, 0.25) is 0 Å². The molecule has 0 bridgehead atoms. The Bertz CT molecular complexity index is 1180. The van der Waals surface area contributed by atoms with E-state index in [2.05, 4.69) is 13.8 Å². The summed E-state index contributed by atoms with van der Waals surface area (Å²) in [7, 11) is 1.63. The fourth-order valence-electron chi connectivity index (χ4n) is 3.87. The number of hydrogen-bond acceptors (Lipinski definition) is 5. The molecule has 0 aliphatic carbocycles. The molecule has 0 fully saturated rings. The zero-order chi connectivity index (χ0) is 22.7. The first-order valence-electron chi connectivity index (χ1n) is 10.5. The second-order valence-corrected chi connectivity index (χ2v) is 8.45. The Balaban J connectivity index is 1.50. The van der Waals surface area contributed by atoms with Crippen LogP contribution in [0.4, 0.5) is 0 Å². The van der Waals surface area contributed by atoms with Crippen LogP contribution in [-0.2, 0) is 6.42 Å². The number of ether oxygens (including phenoxy) is 2. The molecule has 0 spiro atoms. The van der Waals surface area contributed by atoms with Gasteiger partial charge in [0.25, 0.3) is 0 Å². The van der Waals surface area contributed by atoms with Gasteiger partial charge >= 0.3 is 5.97 Å². The van der Waals surface area contributed by atoms with E-state index in [-0.39, 0.29) is 17.7 Å². The minimum absolute atomic E-state index is 0.0452. The first-order valence-corrected chi connectivity index (χ1v) is 10.5. The Hall–Kier alpha value is -3.73. The minimum Gasteiger partial charge on any atom is -0.497 e. The standard InChI is InChI=1S/C27H25NO4/c1-27(2)17-20-11-14-22(31-3)15-23(20)24(28-27)16-25(29)18-9-12-21(13-10-18)32-26(30)19-7-5-4-6-8-19/h4-15H,16-17H2,1-3H3. The summed E-state index contributed by atoms with van der Waals surface area (Å²) in [6.07, 6.45) is 0.998. The largest absolute Gasteiger partial charge is 0.497 e. The lowest BCUT2D eigenvalue weighted by atomic mass is 9.85. The highest BCUT2D eigenvalue weighted by atomic mass is 16.5. The van der Waals surface area contributed by atoms with Gasteiger partial charge in [0.2, 0.25) is 0 Å². The Labute approximate surface area is 187 Å². The van der Waals surface area contributed by atoms with Gasteiger partial charge < -0.3 is 9.47 Å². The molecule has 0 amide bonds. The van der Waals surface area contributed by atoms with Gasteiger partial charge in [-0.2, -0.15) is 0 Å². The third kappa shape index (κ3) is 4.78. The van der Waals surface area contributed by atoms with Crippen LogP contribution in [0.3, 0.4) is 0 Å². The van der Waals surface area contributed by atoms with Crippen molar-refractivity contribution in [2.24, 2.45) is 4.99 Å². The maximum absolute atomic E-state index is 13.0. The lowest BCUT2D eigenvalue weighted by Gasteiger charge is -2.29. The molecule has 1 aliphatic heterocycles. The summed E-state index contributed by atoms with van der Waals surface area (Å²) in [6.45, 7) is 4.14. The molecular weight excluding hydrogens is 402 g/mol. The smallest absolute Gasteiger partial charge is 0.343 e. The topological polar surface area (TPSA) is 65.0 Å². The molecule has 0 saturated heterocycles. The number of nitrogens with zero attached hydrogens (tertiary/aromatic N) is 1. The quantitative estimate of drug-likeness (QED) is 0.304. The van der Waals surface area contributed by atoms with Gasteiger partial charge in [-0.1, -0.05) is 24.3 Å². The highest BCUT2D eigenvalue weighted by Gasteiger charge is 2.28. The molecule has 162 valence electrons. The maximum Gasteiger partial charge on any atom is 0.343 e. The van der Waals surface area contributed by atoms with Crippen molar-refractivity contribution in [2.45, 2.75) is 32.2 Å². The summed E-state index contributed by atoms with van der Waals surface area (Å²) in [5, 5.41) is 0. The number of benzene rings is 3. The molecule has 0 atom stereocenters. The van der Waals surface area contributed by atoms with Crippen molar-refractivity contribution in [3.63, 3.8) is 0 Å². The minimum atomic E-state index is -0.436. The number of Topliss-reactive ketones (excluding diaryl/α,β-unsaturated/α-hetero) is 1. The molecule has 0 unspecified atom stereocenters. The van der Waals surface area contributed by atoms with Crippen molar-refractivity contribution in [2.75, 3.05) is 7.11 Å². The Morgan fingerprint density at radius 2 is 1.59 bits per heavy atom. The molecule has 0 radical (unpaired) electrons. The number of carbonyl (C=O) groups excluding carboxylic acids is 2. The molecule has 3 aromatic rings. The average molecular weight is 428 g/mol. The second kappa shape index (κ2) is 8.79. The number of hydrogen-bond donors (Lipinski definition) is 0. The van der Waals surface area contributed by atoms with E-state index < -0.39 is 5.97 Å². The molecule has 1 aliphatic rings. The van der Waals surface area contributed by atoms with Gasteiger partial charge in [0.1, 0.15) is 11.5 Å². The average Bonchev–Trinajstić information content (AvgIpc) is 2.79. The highest BCUT2D eigenvalue weighted by molar-refractivity contribution is 6.17. The van der Waals surface area contributed by atoms with E-state index in [0.29, 0.717) is 16.9 Å². The van der Waals surface area contributed by atoms with E-state index in [1.165, 1.54) is 0 Å². The normalized spacial score (nSPS) is 14.2. The van der Waals surface area contributed by atoms with E-state index in [1.807, 2.05) is 24.3 Å². The van der Waals surface area contributed by atoms with Gasteiger partial charge in [0.05, 0.1) is 30.3 Å². The molecule has 5 nitrogen and oxygen atoms in total. The fraction of sp³-hybridized carbons (Fsp3) is 0.222. The number of rotatable bonds is 6. The zero-order valence-corrected chi connectivity index (χ0v) is 18.4. The predicted molar refractivity (Wildman–Crippen MR) is 124 cm³/mol. The van der Waals surface area contributed by atoms with Crippen molar-refractivity contribution < 1.29 is 19.1 Å². The third-order valence-electron chi connectivity index (χ3n) is 5.41. The van der Waals surface area contributed by atoms with Gasteiger partial charge in [0, 0.05) is 11.1 Å². The first kappa shape index (κ1) is 21.5. The molecule has 1 heterocycles. The van der Waals surface area contributed by atoms with Crippen LogP contribution in [-0.4, -0.2) is 30.1 Å². The summed E-state index contributed by atoms with van der Waals surface area (Å²) in [4.78, 5) is 30.1. The third-order valence-corrected chi connectivity index (χ3v) is 5.41. The lowest BCUT2D eigenvalue weighted by molar-refractivity contribution is 0.0734. The van der Waals surface area contributed by atoms with E-state index in [0.717, 1.165) is 29.0 Å². The molecule has 5 heteroatoms. The van der Waals surface area contributed by atoms with Crippen LogP contribution >= 0.6 is 0 Å². The molecule has 3 aromatic carbocycles. The number of methoxy groups -OCH3 is 1. The predicted octanol–water partition coefficient (Wildman–Crippen LogP) is 5.31. The lowest BCUT2D eigenvalue weighted by Crippen LogP contribution is -2.30. The van der Waals surface area contributed by atoms with E-state index in [4.69, 9.17) is 14.5 Å². The molecule has 32 heavy (non-hydrogen) atoms. The summed E-state index contributed by atoms with van der Waals surface area (Å²) in [6, 6.07) is 21.3. The van der Waals surface area contributed by atoms with E-state index in [9.17, 15) is 9.59 Å². The number of fused-ring (bicyclic) bond motifs is 1. The van der Waals surface area contributed by atoms with Crippen molar-refractivity contribution in [1.82, 2.24) is 0 Å². The molecule has 0 saturated carbocycles. The monoisotopic (exact) mass is 427 g/mol. The van der Waals surface area contributed by atoms with Gasteiger partial charge in [-0.15, -0.1) is 0 Å². The van der Waals surface area contributed by atoms with Crippen molar-refractivity contribution in [3.05, 3.63) is 95.1 Å². The van der Waals surface area contributed by atoms with Crippen LogP contribution in [0.5, 0.6) is 11.5 Å². The first-order chi connectivity index (χ1) is 15.3. The number of carbonyl (C=O) groups is 2. The van der Waals surface area contributed by atoms with Crippen LogP contribution in [0, 0.1) is 0 Å². The van der Waals surface area contributed by atoms with Crippen molar-refractivity contribution >= 4 is 17.5 Å². The van der Waals surface area contributed by atoms with Crippen molar-refractivity contribution in [1.29, 1.82) is 0 Å². The van der Waals surface area contributed by atoms with Gasteiger partial charge in [-0.05, 0) is 74.4 Å². The molecule has 4 rings (SSSR count). The summed E-state index contributed by atoms with van der Waals surface area (Å²) in [5.74, 6) is 0.653. The molecule has 0 N–H and O–H groups in total. The highest BCUT2D eigenvalue weighted by Crippen LogP contribution is 2.31. The Kier molecular flexibility index (Phi) is 5.91. The fourth-order valence-corrected chi connectivity index (χ4v) is 3.87. The summed E-state index contributed by atoms with van der Waals surface area (Å²) >= 11 is 0. The molecular formula is C27H25NO4. The second-order valence-electron chi connectivity index (χ2n) is 8.45. The maximum atomic E-state index is 13.0. The van der Waals surface area contributed by atoms with Crippen molar-refractivity contribution in [3.8, 4) is 11.5 Å². The van der Waals surface area contributed by atoms with Gasteiger partial charge in [0.15, 0.2) is 5.78 Å². The summed E-state index contributed by atoms with van der Waals surface area (Å²) < 4.78 is 10.8. The number of aliphatic imine (C=N–C) groups is 1. The van der Waals surface area contributed by atoms with Crippen LogP contribution in [0.25, 0.3) is 0 Å². The van der Waals surface area contributed by atoms with Gasteiger partial charge in [-0.3, -0.25) is 9.79 Å². The van der Waals surface area contributed by atoms with Crippen LogP contribution in [0.15, 0.2) is 77.8 Å². The van der Waals surface area contributed by atoms with Crippen LogP contribution < -0.4 is 9.47 Å². The van der Waals surface area contributed by atoms with E-state index in [1.54, 1.807) is 55.6 Å². The summed E-state index contributed by atoms with van der Waals surface area (Å²) in [5.41, 5.74) is 3.63. The Morgan fingerprint density at radius 3 is 2.28 bits per heavy atom.